The van der Waals surface area contributed by atoms with Gasteiger partial charge in [0.1, 0.15) is 0 Å². The molecular formula is C6H10O. The fourth-order valence-corrected chi connectivity index (χ4v) is 0.225. The molecule has 0 saturated carbocycles. The lowest BCUT2D eigenvalue weighted by molar-refractivity contribution is -0.112. The Labute approximate surface area is 48.3 Å². The Morgan fingerprint density at radius 3 is 3.14 bits per heavy atom. The van der Waals surface area contributed by atoms with E-state index >= 15 is 0 Å². The van der Waals surface area contributed by atoms with Gasteiger partial charge in [0, 0.05) is 4.11 Å². The number of hydrogen-bond donors (Lipinski definition) is 0. The Morgan fingerprint density at radius 1 is 2.00 bits per heavy atom. The summed E-state index contributed by atoms with van der Waals surface area (Å²) < 4.78 is 20.2. The maximum absolute atomic E-state index is 10.3. The third-order valence-corrected chi connectivity index (χ3v) is 0.470. The van der Waals surface area contributed by atoms with Crippen LogP contribution in [0.1, 0.15) is 24.3 Å². The molecule has 7 heavy (non-hydrogen) atoms. The van der Waals surface area contributed by atoms with Gasteiger partial charge in [-0.2, -0.15) is 0 Å². The summed E-state index contributed by atoms with van der Waals surface area (Å²) in [7, 11) is 0. The van der Waals surface area contributed by atoms with Gasteiger partial charge in [0.05, 0.1) is 0 Å². The van der Waals surface area contributed by atoms with E-state index in [-0.39, 0.29) is 12.2 Å². The minimum absolute atomic E-state index is 0.0351. The van der Waals surface area contributed by atoms with Crippen molar-refractivity contribution >= 4 is 5.78 Å². The van der Waals surface area contributed by atoms with Crippen molar-refractivity contribution in [1.82, 2.24) is 0 Å². The van der Waals surface area contributed by atoms with Crippen molar-refractivity contribution in [3.05, 3.63) is 12.2 Å². The van der Waals surface area contributed by atoms with Crippen LogP contribution in [0.2, 0.25) is 0 Å². The molecule has 0 rings (SSSR count). The Bertz CT molecular complexity index is 146. The molecule has 0 radical (unpaired) electrons. The predicted molar refractivity (Wildman–Crippen MR) is 30.1 cm³/mol. The van der Waals surface area contributed by atoms with Gasteiger partial charge in [0.2, 0.25) is 0 Å². The molecular weight excluding hydrogens is 88.1 g/mol. The summed E-state index contributed by atoms with van der Waals surface area (Å²) in [6.07, 6.45) is 2.61. The summed E-state index contributed by atoms with van der Waals surface area (Å²) in [6, 6.07) is 0. The van der Waals surface area contributed by atoms with Crippen LogP contribution < -0.4 is 0 Å². The molecule has 0 fully saturated rings. The highest BCUT2D eigenvalue weighted by molar-refractivity contribution is 5.87. The molecule has 0 aromatic rings. The lowest BCUT2D eigenvalue weighted by Crippen LogP contribution is -1.77. The largest absolute Gasteiger partial charge is 0.295 e. The van der Waals surface area contributed by atoms with E-state index in [1.165, 1.54) is 19.1 Å². The van der Waals surface area contributed by atoms with Crippen LogP contribution in [-0.2, 0) is 4.79 Å². The summed E-state index contributed by atoms with van der Waals surface area (Å²) >= 11 is 0. The summed E-state index contributed by atoms with van der Waals surface area (Å²) in [5, 5.41) is 0. The minimum Gasteiger partial charge on any atom is -0.295 e. The van der Waals surface area contributed by atoms with Gasteiger partial charge in [0.15, 0.2) is 5.78 Å². The second kappa shape index (κ2) is 3.59. The number of rotatable bonds is 2. The van der Waals surface area contributed by atoms with Crippen LogP contribution in [0.4, 0.5) is 0 Å². The van der Waals surface area contributed by atoms with E-state index in [2.05, 4.69) is 0 Å². The highest BCUT2D eigenvalue weighted by atomic mass is 16.1. The van der Waals surface area contributed by atoms with Crippen molar-refractivity contribution in [2.24, 2.45) is 0 Å². The minimum atomic E-state index is -1.95. The molecule has 0 N–H and O–H groups in total. The average Bonchev–Trinajstić information content (AvgIpc) is 1.59. The monoisotopic (exact) mass is 101 g/mol. The van der Waals surface area contributed by atoms with Crippen molar-refractivity contribution in [2.45, 2.75) is 20.2 Å². The van der Waals surface area contributed by atoms with Crippen LogP contribution in [0.25, 0.3) is 0 Å². The zero-order chi connectivity index (χ0) is 8.20. The van der Waals surface area contributed by atoms with Gasteiger partial charge >= 0.3 is 0 Å². The predicted octanol–water partition coefficient (Wildman–Crippen LogP) is 1.54. The second-order valence-electron chi connectivity index (χ2n) is 1.22. The van der Waals surface area contributed by atoms with E-state index < -0.39 is 6.85 Å². The molecule has 0 saturated heterocycles. The number of hydrogen-bond acceptors (Lipinski definition) is 1. The molecule has 0 aromatic heterocycles. The van der Waals surface area contributed by atoms with Crippen LogP contribution in [0.5, 0.6) is 0 Å². The maximum atomic E-state index is 10.3. The number of carbonyl (C=O) groups excluding carboxylic acids is 1. The van der Waals surface area contributed by atoms with Crippen molar-refractivity contribution in [2.75, 3.05) is 0 Å². The Balaban J connectivity index is 3.64. The zero-order valence-electron chi connectivity index (χ0n) is 7.27. The standard InChI is InChI=1S/C6H10O/c1-3-4-5-6(2)7/h4-5H,3H2,1-2H3/i1D3. The number of carbonyl (C=O) groups is 1. The molecule has 0 heterocycles. The molecule has 0 aromatic carbocycles. The van der Waals surface area contributed by atoms with Crippen LogP contribution in [0, 0.1) is 0 Å². The molecule has 40 valence electrons. The van der Waals surface area contributed by atoms with Crippen LogP contribution in [0.3, 0.4) is 0 Å². The summed E-state index contributed by atoms with van der Waals surface area (Å²) in [5.41, 5.74) is 0. The summed E-state index contributed by atoms with van der Waals surface area (Å²) in [5.74, 6) is -0.121. The molecule has 0 aliphatic heterocycles. The first-order valence-electron chi connectivity index (χ1n) is 3.59. The van der Waals surface area contributed by atoms with Gasteiger partial charge in [-0.3, -0.25) is 4.79 Å². The van der Waals surface area contributed by atoms with Crippen LogP contribution in [0.15, 0.2) is 12.2 Å². The van der Waals surface area contributed by atoms with Gasteiger partial charge < -0.3 is 0 Å². The number of allylic oxidation sites excluding steroid dienone is 2. The molecule has 0 unspecified atom stereocenters. The number of ketones is 1. The zero-order valence-corrected chi connectivity index (χ0v) is 4.27. The van der Waals surface area contributed by atoms with Crippen molar-refractivity contribution in [3.63, 3.8) is 0 Å². The normalized spacial score (nSPS) is 18.1. The molecule has 1 heteroatoms. The first kappa shape index (κ1) is 2.65. The molecule has 0 aliphatic rings. The third kappa shape index (κ3) is 5.41. The van der Waals surface area contributed by atoms with Crippen molar-refractivity contribution in [3.8, 4) is 0 Å². The molecule has 0 amide bonds. The fourth-order valence-electron chi connectivity index (χ4n) is 0.225. The van der Waals surface area contributed by atoms with Gasteiger partial charge in [0.25, 0.3) is 0 Å². The van der Waals surface area contributed by atoms with E-state index in [1.807, 2.05) is 0 Å². The first-order chi connectivity index (χ1) is 4.42. The van der Waals surface area contributed by atoms with E-state index in [0.717, 1.165) is 0 Å². The highest BCUT2D eigenvalue weighted by Crippen LogP contribution is 1.78. The summed E-state index contributed by atoms with van der Waals surface area (Å²) in [4.78, 5) is 10.3. The molecule has 0 atom stereocenters. The van der Waals surface area contributed by atoms with E-state index in [1.54, 1.807) is 0 Å². The lowest BCUT2D eigenvalue weighted by Gasteiger charge is -1.73. The quantitative estimate of drug-likeness (QED) is 0.482. The molecule has 0 aliphatic carbocycles. The smallest absolute Gasteiger partial charge is 0.152 e. The van der Waals surface area contributed by atoms with Crippen LogP contribution >= 0.6 is 0 Å². The van der Waals surface area contributed by atoms with Crippen molar-refractivity contribution in [1.29, 1.82) is 0 Å². The van der Waals surface area contributed by atoms with E-state index in [9.17, 15) is 4.79 Å². The molecule has 0 spiro atoms. The summed E-state index contributed by atoms with van der Waals surface area (Å²) in [6.45, 7) is -0.567. The Kier molecular flexibility index (Phi) is 1.36. The maximum Gasteiger partial charge on any atom is 0.152 e. The molecule has 0 bridgehead atoms. The first-order valence-corrected chi connectivity index (χ1v) is 2.09. The highest BCUT2D eigenvalue weighted by Gasteiger charge is 1.75. The van der Waals surface area contributed by atoms with Crippen molar-refractivity contribution < 1.29 is 8.91 Å². The van der Waals surface area contributed by atoms with Gasteiger partial charge in [-0.1, -0.05) is 12.9 Å². The van der Waals surface area contributed by atoms with Crippen LogP contribution in [-0.4, -0.2) is 5.78 Å². The third-order valence-electron chi connectivity index (χ3n) is 0.470. The van der Waals surface area contributed by atoms with E-state index in [4.69, 9.17) is 4.11 Å². The fraction of sp³-hybridized carbons (Fsp3) is 0.500. The second-order valence-corrected chi connectivity index (χ2v) is 1.22. The van der Waals surface area contributed by atoms with Gasteiger partial charge in [-0.05, 0) is 19.4 Å². The van der Waals surface area contributed by atoms with E-state index in [0.29, 0.717) is 0 Å². The average molecular weight is 101 g/mol. The Hall–Kier alpha value is -0.590. The Morgan fingerprint density at radius 2 is 2.71 bits per heavy atom. The SMILES string of the molecule is [2H]C([2H])([2H])CC=CC(C)=O. The lowest BCUT2D eigenvalue weighted by atomic mass is 10.3. The molecule has 1 nitrogen and oxygen atoms in total. The topological polar surface area (TPSA) is 17.1 Å². The van der Waals surface area contributed by atoms with Gasteiger partial charge in [-0.15, -0.1) is 0 Å². The van der Waals surface area contributed by atoms with Gasteiger partial charge in [-0.25, -0.2) is 0 Å².